The molecule has 1 fully saturated rings. The Morgan fingerprint density at radius 3 is 2.07 bits per heavy atom. The quantitative estimate of drug-likeness (QED) is 0.645. The molecule has 4 nitrogen and oxygen atoms in total. The van der Waals surface area contributed by atoms with E-state index < -0.39 is 0 Å². The maximum atomic E-state index is 12.9. The maximum Gasteiger partial charge on any atom is 0.253 e. The fourth-order valence-corrected chi connectivity index (χ4v) is 3.98. The van der Waals surface area contributed by atoms with E-state index >= 15 is 0 Å². The molecule has 0 radical (unpaired) electrons. The van der Waals surface area contributed by atoms with E-state index in [0.717, 1.165) is 24.0 Å². The van der Waals surface area contributed by atoms with E-state index in [9.17, 15) is 9.59 Å². The summed E-state index contributed by atoms with van der Waals surface area (Å²) in [7, 11) is 0. The molecule has 1 aliphatic heterocycles. The third-order valence-electron chi connectivity index (χ3n) is 5.47. The summed E-state index contributed by atoms with van der Waals surface area (Å²) in [6.07, 6.45) is 1.45. The highest BCUT2D eigenvalue weighted by Crippen LogP contribution is 2.21. The topological polar surface area (TPSA) is 49.4 Å². The molecule has 0 spiro atoms. The summed E-state index contributed by atoms with van der Waals surface area (Å²) in [6, 6.07) is 24.9. The number of halogens is 1. The van der Waals surface area contributed by atoms with E-state index in [-0.39, 0.29) is 17.9 Å². The zero-order chi connectivity index (χ0) is 20.9. The molecule has 1 N–H and O–H groups in total. The summed E-state index contributed by atoms with van der Waals surface area (Å²) in [6.45, 7) is 1.24. The molecule has 1 aliphatic rings. The van der Waals surface area contributed by atoms with Crippen LogP contribution in [-0.4, -0.2) is 35.8 Å². The van der Waals surface area contributed by atoms with Gasteiger partial charge in [-0.05, 0) is 48.2 Å². The van der Waals surface area contributed by atoms with E-state index in [2.05, 4.69) is 17.4 Å². The van der Waals surface area contributed by atoms with Crippen LogP contribution >= 0.6 is 11.6 Å². The van der Waals surface area contributed by atoms with Crippen LogP contribution in [0.25, 0.3) is 11.1 Å². The van der Waals surface area contributed by atoms with E-state index in [0.29, 0.717) is 29.2 Å². The van der Waals surface area contributed by atoms with Crippen molar-refractivity contribution in [3.8, 4) is 11.1 Å². The number of piperidine rings is 1. The lowest BCUT2D eigenvalue weighted by atomic mass is 10.0. The first-order chi connectivity index (χ1) is 14.6. The number of nitrogens with zero attached hydrogens (tertiary/aromatic N) is 1. The van der Waals surface area contributed by atoms with Gasteiger partial charge in [0.05, 0.1) is 10.6 Å². The molecule has 0 aromatic heterocycles. The van der Waals surface area contributed by atoms with Crippen molar-refractivity contribution in [3.05, 3.63) is 95.0 Å². The van der Waals surface area contributed by atoms with Gasteiger partial charge in [0.25, 0.3) is 11.8 Å². The molecule has 5 heteroatoms. The monoisotopic (exact) mass is 418 g/mol. The standard InChI is InChI=1S/C25H23ClN2O2/c26-23-9-5-4-8-22(23)24(29)27-21-14-16-28(17-15-21)25(30)20-12-10-19(11-13-20)18-6-2-1-3-7-18/h1-13,21H,14-17H2,(H,27,29). The minimum atomic E-state index is -0.165. The molecular weight excluding hydrogens is 396 g/mol. The van der Waals surface area contributed by atoms with Crippen molar-refractivity contribution in [1.29, 1.82) is 0 Å². The fraction of sp³-hybridized carbons (Fsp3) is 0.200. The molecule has 152 valence electrons. The summed E-state index contributed by atoms with van der Waals surface area (Å²) < 4.78 is 0. The van der Waals surface area contributed by atoms with Crippen LogP contribution in [0.5, 0.6) is 0 Å². The first kappa shape index (κ1) is 20.2. The highest BCUT2D eigenvalue weighted by Gasteiger charge is 2.25. The molecule has 2 amide bonds. The number of benzene rings is 3. The van der Waals surface area contributed by atoms with E-state index in [4.69, 9.17) is 11.6 Å². The second-order valence-corrected chi connectivity index (χ2v) is 7.87. The van der Waals surface area contributed by atoms with Crippen molar-refractivity contribution in [2.75, 3.05) is 13.1 Å². The molecular formula is C25H23ClN2O2. The van der Waals surface area contributed by atoms with Crippen LogP contribution in [0.2, 0.25) is 5.02 Å². The second-order valence-electron chi connectivity index (χ2n) is 7.46. The van der Waals surface area contributed by atoms with Crippen molar-refractivity contribution >= 4 is 23.4 Å². The van der Waals surface area contributed by atoms with Crippen LogP contribution in [-0.2, 0) is 0 Å². The molecule has 0 aliphatic carbocycles. The Morgan fingerprint density at radius 1 is 0.800 bits per heavy atom. The highest BCUT2D eigenvalue weighted by atomic mass is 35.5. The summed E-state index contributed by atoms with van der Waals surface area (Å²) >= 11 is 6.11. The molecule has 1 saturated heterocycles. The fourth-order valence-electron chi connectivity index (χ4n) is 3.75. The SMILES string of the molecule is O=C(NC1CCN(C(=O)c2ccc(-c3ccccc3)cc2)CC1)c1ccccc1Cl. The zero-order valence-corrected chi connectivity index (χ0v) is 17.3. The van der Waals surface area contributed by atoms with Crippen molar-refractivity contribution in [3.63, 3.8) is 0 Å². The molecule has 3 aromatic carbocycles. The molecule has 1 heterocycles. The molecule has 4 rings (SSSR count). The Bertz CT molecular complexity index is 1030. The van der Waals surface area contributed by atoms with E-state index in [1.54, 1.807) is 24.3 Å². The molecule has 30 heavy (non-hydrogen) atoms. The van der Waals surface area contributed by atoms with Crippen molar-refractivity contribution in [2.24, 2.45) is 0 Å². The van der Waals surface area contributed by atoms with Crippen molar-refractivity contribution in [2.45, 2.75) is 18.9 Å². The lowest BCUT2D eigenvalue weighted by Crippen LogP contribution is -2.46. The summed E-state index contributed by atoms with van der Waals surface area (Å²) in [5.41, 5.74) is 3.39. The molecule has 0 unspecified atom stereocenters. The molecule has 0 saturated carbocycles. The number of carbonyl (C=O) groups is 2. The third kappa shape index (κ3) is 4.55. The predicted octanol–water partition coefficient (Wildman–Crippen LogP) is 5.04. The number of hydrogen-bond acceptors (Lipinski definition) is 2. The lowest BCUT2D eigenvalue weighted by molar-refractivity contribution is 0.0698. The predicted molar refractivity (Wildman–Crippen MR) is 120 cm³/mol. The van der Waals surface area contributed by atoms with Gasteiger partial charge in [0.15, 0.2) is 0 Å². The average molecular weight is 419 g/mol. The summed E-state index contributed by atoms with van der Waals surface area (Å²) in [5.74, 6) is -0.132. The van der Waals surface area contributed by atoms with Gasteiger partial charge in [-0.25, -0.2) is 0 Å². The van der Waals surface area contributed by atoms with Gasteiger partial charge < -0.3 is 10.2 Å². The number of hydrogen-bond donors (Lipinski definition) is 1. The lowest BCUT2D eigenvalue weighted by Gasteiger charge is -2.32. The number of carbonyl (C=O) groups excluding carboxylic acids is 2. The number of nitrogens with one attached hydrogen (secondary N) is 1. The van der Waals surface area contributed by atoms with Crippen LogP contribution in [0, 0.1) is 0 Å². The van der Waals surface area contributed by atoms with Gasteiger partial charge in [0.1, 0.15) is 0 Å². The van der Waals surface area contributed by atoms with Gasteiger partial charge >= 0.3 is 0 Å². The Labute approximate surface area is 181 Å². The van der Waals surface area contributed by atoms with Crippen LogP contribution in [0.3, 0.4) is 0 Å². The van der Waals surface area contributed by atoms with Crippen LogP contribution < -0.4 is 5.32 Å². The average Bonchev–Trinajstić information content (AvgIpc) is 2.80. The largest absolute Gasteiger partial charge is 0.349 e. The molecule has 0 bridgehead atoms. The summed E-state index contributed by atoms with van der Waals surface area (Å²) in [4.78, 5) is 27.2. The zero-order valence-electron chi connectivity index (χ0n) is 16.6. The van der Waals surface area contributed by atoms with Gasteiger partial charge in [-0.1, -0.05) is 66.2 Å². The first-order valence-corrected chi connectivity index (χ1v) is 10.5. The van der Waals surface area contributed by atoms with Crippen LogP contribution in [0.15, 0.2) is 78.9 Å². The minimum absolute atomic E-state index is 0.0329. The smallest absolute Gasteiger partial charge is 0.253 e. The van der Waals surface area contributed by atoms with Gasteiger partial charge in [0, 0.05) is 24.7 Å². The van der Waals surface area contributed by atoms with Gasteiger partial charge in [-0.2, -0.15) is 0 Å². The number of amides is 2. The number of likely N-dealkylation sites (tertiary alicyclic amines) is 1. The van der Waals surface area contributed by atoms with E-state index in [1.165, 1.54) is 0 Å². The Balaban J connectivity index is 1.33. The Morgan fingerprint density at radius 2 is 1.40 bits per heavy atom. The molecule has 3 aromatic rings. The summed E-state index contributed by atoms with van der Waals surface area (Å²) in [5, 5.41) is 3.49. The normalized spacial score (nSPS) is 14.4. The van der Waals surface area contributed by atoms with Crippen LogP contribution in [0.1, 0.15) is 33.6 Å². The van der Waals surface area contributed by atoms with Gasteiger partial charge in [0.2, 0.25) is 0 Å². The van der Waals surface area contributed by atoms with Crippen LogP contribution in [0.4, 0.5) is 0 Å². The first-order valence-electron chi connectivity index (χ1n) is 10.1. The Kier molecular flexibility index (Phi) is 6.15. The van der Waals surface area contributed by atoms with E-state index in [1.807, 2.05) is 47.4 Å². The highest BCUT2D eigenvalue weighted by molar-refractivity contribution is 6.33. The maximum absolute atomic E-state index is 12.9. The van der Waals surface area contributed by atoms with Crippen molar-refractivity contribution in [1.82, 2.24) is 10.2 Å². The van der Waals surface area contributed by atoms with Gasteiger partial charge in [-0.3, -0.25) is 9.59 Å². The minimum Gasteiger partial charge on any atom is -0.349 e. The molecule has 0 atom stereocenters. The van der Waals surface area contributed by atoms with Crippen molar-refractivity contribution < 1.29 is 9.59 Å². The Hall–Kier alpha value is -3.11. The van der Waals surface area contributed by atoms with Gasteiger partial charge in [-0.15, -0.1) is 0 Å². The number of rotatable bonds is 4. The third-order valence-corrected chi connectivity index (χ3v) is 5.80. The second kappa shape index (κ2) is 9.14.